The van der Waals surface area contributed by atoms with Gasteiger partial charge < -0.3 is 14.5 Å². The number of amides is 1. The first kappa shape index (κ1) is 15.0. The molecule has 0 aliphatic heterocycles. The summed E-state index contributed by atoms with van der Waals surface area (Å²) >= 11 is 0. The largest absolute Gasteiger partial charge is 0.497 e. The van der Waals surface area contributed by atoms with E-state index in [1.165, 1.54) is 0 Å². The van der Waals surface area contributed by atoms with Crippen LogP contribution in [0.1, 0.15) is 25.7 Å². The van der Waals surface area contributed by atoms with Crippen molar-refractivity contribution in [3.8, 4) is 17.2 Å². The van der Waals surface area contributed by atoms with Crippen LogP contribution in [0.25, 0.3) is 11.5 Å². The fourth-order valence-electron chi connectivity index (χ4n) is 1.80. The monoisotopic (exact) mass is 289 g/mol. The molecule has 1 amide bonds. The Balaban J connectivity index is 1.96. The highest BCUT2D eigenvalue weighted by Crippen LogP contribution is 2.22. The maximum atomic E-state index is 11.5. The van der Waals surface area contributed by atoms with E-state index in [9.17, 15) is 4.79 Å². The van der Waals surface area contributed by atoms with Crippen LogP contribution in [0, 0.1) is 0 Å². The Labute approximate surface area is 123 Å². The van der Waals surface area contributed by atoms with Gasteiger partial charge in [0.25, 0.3) is 0 Å². The van der Waals surface area contributed by atoms with Gasteiger partial charge in [0.15, 0.2) is 0 Å². The van der Waals surface area contributed by atoms with Crippen molar-refractivity contribution in [2.75, 3.05) is 13.7 Å². The highest BCUT2D eigenvalue weighted by Gasteiger charge is 2.10. The van der Waals surface area contributed by atoms with Gasteiger partial charge in [-0.3, -0.25) is 4.79 Å². The molecule has 6 nitrogen and oxygen atoms in total. The molecule has 112 valence electrons. The van der Waals surface area contributed by atoms with Gasteiger partial charge in [-0.05, 0) is 24.6 Å². The topological polar surface area (TPSA) is 77.2 Å². The van der Waals surface area contributed by atoms with Gasteiger partial charge in [0.05, 0.1) is 7.11 Å². The fourth-order valence-corrected chi connectivity index (χ4v) is 1.80. The Hall–Kier alpha value is -2.37. The molecular weight excluding hydrogens is 270 g/mol. The van der Waals surface area contributed by atoms with E-state index in [-0.39, 0.29) is 5.91 Å². The number of carbonyl (C=O) groups is 1. The summed E-state index contributed by atoms with van der Waals surface area (Å²) in [5.74, 6) is 1.61. The Bertz CT molecular complexity index is 595. The maximum absolute atomic E-state index is 11.5. The van der Waals surface area contributed by atoms with E-state index < -0.39 is 0 Å². The van der Waals surface area contributed by atoms with Crippen LogP contribution >= 0.6 is 0 Å². The third-order valence-corrected chi connectivity index (χ3v) is 2.92. The molecule has 0 spiro atoms. The molecule has 0 saturated heterocycles. The first-order valence-electron chi connectivity index (χ1n) is 6.96. The highest BCUT2D eigenvalue weighted by atomic mass is 16.5. The first-order valence-corrected chi connectivity index (χ1v) is 6.96. The quantitative estimate of drug-likeness (QED) is 0.845. The number of aryl methyl sites for hydroxylation is 1. The molecular formula is C15H19N3O3. The summed E-state index contributed by atoms with van der Waals surface area (Å²) in [5, 5.41) is 10.8. The van der Waals surface area contributed by atoms with Crippen LogP contribution in [0.15, 0.2) is 28.7 Å². The number of carbonyl (C=O) groups excluding carboxylic acids is 1. The molecule has 0 aliphatic carbocycles. The van der Waals surface area contributed by atoms with E-state index in [0.29, 0.717) is 31.2 Å². The van der Waals surface area contributed by atoms with Crippen LogP contribution in [0.2, 0.25) is 0 Å². The third-order valence-electron chi connectivity index (χ3n) is 2.92. The minimum atomic E-state index is -0.00187. The van der Waals surface area contributed by atoms with Crippen LogP contribution in [-0.2, 0) is 11.2 Å². The molecule has 2 aromatic rings. The molecule has 6 heteroatoms. The lowest BCUT2D eigenvalue weighted by Gasteiger charge is -2.01. The predicted molar refractivity (Wildman–Crippen MR) is 77.9 cm³/mol. The molecule has 0 fully saturated rings. The van der Waals surface area contributed by atoms with E-state index in [0.717, 1.165) is 17.7 Å². The number of rotatable bonds is 7. The standard InChI is InChI=1S/C15H19N3O3/c1-3-9-16-13(19)7-8-14-17-18-15(21-14)11-5-4-6-12(10-11)20-2/h4-6,10H,3,7-9H2,1-2H3,(H,16,19). The zero-order valence-electron chi connectivity index (χ0n) is 12.3. The van der Waals surface area contributed by atoms with Gasteiger partial charge in [0, 0.05) is 24.9 Å². The first-order chi connectivity index (χ1) is 10.2. The van der Waals surface area contributed by atoms with Crippen LogP contribution < -0.4 is 10.1 Å². The number of methoxy groups -OCH3 is 1. The normalized spacial score (nSPS) is 10.4. The van der Waals surface area contributed by atoms with Gasteiger partial charge in [0.1, 0.15) is 5.75 Å². The van der Waals surface area contributed by atoms with Crippen molar-refractivity contribution in [3.05, 3.63) is 30.2 Å². The predicted octanol–water partition coefficient (Wildman–Crippen LogP) is 2.20. The number of nitrogens with zero attached hydrogens (tertiary/aromatic N) is 2. The fraction of sp³-hybridized carbons (Fsp3) is 0.400. The molecule has 1 N–H and O–H groups in total. The molecule has 0 saturated carbocycles. The van der Waals surface area contributed by atoms with Gasteiger partial charge >= 0.3 is 0 Å². The lowest BCUT2D eigenvalue weighted by Crippen LogP contribution is -2.24. The number of hydrogen-bond donors (Lipinski definition) is 1. The molecule has 0 unspecified atom stereocenters. The lowest BCUT2D eigenvalue weighted by molar-refractivity contribution is -0.121. The summed E-state index contributed by atoms with van der Waals surface area (Å²) in [7, 11) is 1.60. The molecule has 1 aromatic heterocycles. The summed E-state index contributed by atoms with van der Waals surface area (Å²) in [4.78, 5) is 11.5. The minimum absolute atomic E-state index is 0.00187. The van der Waals surface area contributed by atoms with Crippen LogP contribution in [-0.4, -0.2) is 29.8 Å². The van der Waals surface area contributed by atoms with E-state index in [2.05, 4.69) is 15.5 Å². The number of ether oxygens (including phenoxy) is 1. The second-order valence-corrected chi connectivity index (χ2v) is 4.58. The summed E-state index contributed by atoms with van der Waals surface area (Å²) in [6, 6.07) is 7.40. The highest BCUT2D eigenvalue weighted by molar-refractivity contribution is 5.75. The summed E-state index contributed by atoms with van der Waals surface area (Å²) in [6.07, 6.45) is 1.71. The van der Waals surface area contributed by atoms with Gasteiger partial charge in [-0.25, -0.2) is 0 Å². The molecule has 1 heterocycles. The number of benzene rings is 1. The second kappa shape index (κ2) is 7.42. The molecule has 0 aliphatic rings. The number of nitrogens with one attached hydrogen (secondary N) is 1. The van der Waals surface area contributed by atoms with Crippen molar-refractivity contribution in [2.45, 2.75) is 26.2 Å². The molecule has 0 atom stereocenters. The zero-order chi connectivity index (χ0) is 15.1. The summed E-state index contributed by atoms with van der Waals surface area (Å²) in [5.41, 5.74) is 0.795. The number of aromatic nitrogens is 2. The van der Waals surface area contributed by atoms with Crippen LogP contribution in [0.4, 0.5) is 0 Å². The van der Waals surface area contributed by atoms with Crippen molar-refractivity contribution in [1.82, 2.24) is 15.5 Å². The van der Waals surface area contributed by atoms with Crippen molar-refractivity contribution >= 4 is 5.91 Å². The van der Waals surface area contributed by atoms with Crippen molar-refractivity contribution < 1.29 is 13.9 Å². The third kappa shape index (κ3) is 4.30. The van der Waals surface area contributed by atoms with E-state index in [1.54, 1.807) is 7.11 Å². The average Bonchev–Trinajstić information content (AvgIpc) is 3.00. The Morgan fingerprint density at radius 2 is 2.24 bits per heavy atom. The van der Waals surface area contributed by atoms with Gasteiger partial charge in [-0.1, -0.05) is 13.0 Å². The summed E-state index contributed by atoms with van der Waals surface area (Å²) in [6.45, 7) is 2.70. The molecule has 0 radical (unpaired) electrons. The minimum Gasteiger partial charge on any atom is -0.497 e. The Kier molecular flexibility index (Phi) is 5.31. The van der Waals surface area contributed by atoms with Gasteiger partial charge in [0.2, 0.25) is 17.7 Å². The van der Waals surface area contributed by atoms with Crippen molar-refractivity contribution in [2.24, 2.45) is 0 Å². The van der Waals surface area contributed by atoms with E-state index in [1.807, 2.05) is 31.2 Å². The van der Waals surface area contributed by atoms with Gasteiger partial charge in [-0.15, -0.1) is 10.2 Å². The van der Waals surface area contributed by atoms with Crippen LogP contribution in [0.3, 0.4) is 0 Å². The average molecular weight is 289 g/mol. The van der Waals surface area contributed by atoms with Crippen molar-refractivity contribution in [1.29, 1.82) is 0 Å². The maximum Gasteiger partial charge on any atom is 0.247 e. The van der Waals surface area contributed by atoms with Gasteiger partial charge in [-0.2, -0.15) is 0 Å². The zero-order valence-corrected chi connectivity index (χ0v) is 12.3. The Morgan fingerprint density at radius 1 is 1.38 bits per heavy atom. The molecule has 0 bridgehead atoms. The molecule has 1 aromatic carbocycles. The number of hydrogen-bond acceptors (Lipinski definition) is 5. The SMILES string of the molecule is CCCNC(=O)CCc1nnc(-c2cccc(OC)c2)o1. The van der Waals surface area contributed by atoms with Crippen LogP contribution in [0.5, 0.6) is 5.75 Å². The Morgan fingerprint density at radius 3 is 3.00 bits per heavy atom. The summed E-state index contributed by atoms with van der Waals surface area (Å²) < 4.78 is 10.7. The second-order valence-electron chi connectivity index (χ2n) is 4.58. The van der Waals surface area contributed by atoms with E-state index >= 15 is 0 Å². The lowest BCUT2D eigenvalue weighted by atomic mass is 10.2. The van der Waals surface area contributed by atoms with E-state index in [4.69, 9.17) is 9.15 Å². The molecule has 21 heavy (non-hydrogen) atoms. The smallest absolute Gasteiger partial charge is 0.247 e. The van der Waals surface area contributed by atoms with Crippen molar-refractivity contribution in [3.63, 3.8) is 0 Å². The molecule has 2 rings (SSSR count).